The maximum absolute atomic E-state index is 12.8. The third-order valence-corrected chi connectivity index (χ3v) is 5.64. The molecule has 0 aromatic heterocycles. The largest absolute Gasteiger partial charge is 0.495 e. The highest BCUT2D eigenvalue weighted by Gasteiger charge is 2.23. The molecule has 0 fully saturated rings. The lowest BCUT2D eigenvalue weighted by molar-refractivity contribution is 0.0730. The minimum Gasteiger partial charge on any atom is -0.495 e. The molecule has 0 aliphatic carbocycles. The molecule has 3 rings (SSSR count). The van der Waals surface area contributed by atoms with Gasteiger partial charge in [0.25, 0.3) is 0 Å². The number of rotatable bonds is 3. The Morgan fingerprint density at radius 1 is 1.08 bits per heavy atom. The zero-order valence-corrected chi connectivity index (χ0v) is 16.8. The first kappa shape index (κ1) is 17.2. The highest BCUT2D eigenvalue weighted by molar-refractivity contribution is 14.1. The smallest absolute Gasteiger partial charge is 0.347 e. The highest BCUT2D eigenvalue weighted by atomic mass is 127. The van der Waals surface area contributed by atoms with E-state index in [1.54, 1.807) is 19.2 Å². The van der Waals surface area contributed by atoms with Crippen molar-refractivity contribution >= 4 is 55.3 Å². The Labute approximate surface area is 162 Å². The van der Waals surface area contributed by atoms with E-state index in [-0.39, 0.29) is 0 Å². The lowest BCUT2D eigenvalue weighted by Crippen LogP contribution is -2.13. The minimum absolute atomic E-state index is 0.421. The molecule has 0 aliphatic rings. The molecule has 5 heteroatoms. The summed E-state index contributed by atoms with van der Waals surface area (Å²) in [6.07, 6.45) is 0. The van der Waals surface area contributed by atoms with Gasteiger partial charge < -0.3 is 9.47 Å². The summed E-state index contributed by atoms with van der Waals surface area (Å²) >= 11 is 5.74. The molecule has 0 saturated heterocycles. The summed E-state index contributed by atoms with van der Waals surface area (Å²) in [4.78, 5) is 12.8. The average Bonchev–Trinajstić information content (AvgIpc) is 2.58. The summed E-state index contributed by atoms with van der Waals surface area (Å²) in [5, 5.41) is 1.92. The van der Waals surface area contributed by atoms with Gasteiger partial charge >= 0.3 is 5.97 Å². The van der Waals surface area contributed by atoms with Gasteiger partial charge in [-0.05, 0) is 64.7 Å². The molecule has 3 aromatic carbocycles. The Kier molecular flexibility index (Phi) is 5.10. The summed E-state index contributed by atoms with van der Waals surface area (Å²) in [5.74, 6) is 0.619. The normalized spacial score (nSPS) is 10.7. The second-order valence-electron chi connectivity index (χ2n) is 5.24. The zero-order valence-electron chi connectivity index (χ0n) is 13.1. The summed E-state index contributed by atoms with van der Waals surface area (Å²) in [5.41, 5.74) is 1.31. The number of para-hydroxylation sites is 1. The lowest BCUT2D eigenvalue weighted by atomic mass is 10.00. The molecule has 3 nitrogen and oxygen atoms in total. The van der Waals surface area contributed by atoms with Gasteiger partial charge in [0, 0.05) is 13.4 Å². The van der Waals surface area contributed by atoms with Gasteiger partial charge in [0.05, 0.1) is 7.11 Å². The SMILES string of the molecule is COc1c(C(=O)Oc2ccccc2)c(C)c(I)c2ccc(Br)cc12. The fourth-order valence-corrected chi connectivity index (χ4v) is 3.72. The monoisotopic (exact) mass is 496 g/mol. The molecule has 0 saturated carbocycles. The van der Waals surface area contributed by atoms with E-state index in [4.69, 9.17) is 9.47 Å². The highest BCUT2D eigenvalue weighted by Crippen LogP contribution is 2.38. The summed E-state index contributed by atoms with van der Waals surface area (Å²) in [6, 6.07) is 15.0. The molecule has 0 N–H and O–H groups in total. The summed E-state index contributed by atoms with van der Waals surface area (Å²) < 4.78 is 13.0. The molecule has 0 amide bonds. The Hall–Kier alpha value is -1.60. The Balaban J connectivity index is 2.19. The molecule has 0 atom stereocenters. The standard InChI is InChI=1S/C19H14BrIO3/c1-11-16(19(22)24-13-6-4-3-5-7-13)18(23-2)15-10-12(20)8-9-14(15)17(11)21/h3-10H,1-2H3. The topological polar surface area (TPSA) is 35.5 Å². The van der Waals surface area contributed by atoms with E-state index in [9.17, 15) is 4.79 Å². The number of methoxy groups -OCH3 is 1. The fourth-order valence-electron chi connectivity index (χ4n) is 2.62. The van der Waals surface area contributed by atoms with Crippen LogP contribution in [0.1, 0.15) is 15.9 Å². The molecule has 122 valence electrons. The molecule has 0 aliphatic heterocycles. The first-order chi connectivity index (χ1) is 11.5. The van der Waals surface area contributed by atoms with Crippen LogP contribution in [0.3, 0.4) is 0 Å². The second kappa shape index (κ2) is 7.11. The van der Waals surface area contributed by atoms with E-state index in [2.05, 4.69) is 38.5 Å². The maximum Gasteiger partial charge on any atom is 0.347 e. The number of fused-ring (bicyclic) bond motifs is 1. The zero-order chi connectivity index (χ0) is 17.3. The van der Waals surface area contributed by atoms with Gasteiger partial charge in [-0.1, -0.05) is 40.2 Å². The van der Waals surface area contributed by atoms with Crippen LogP contribution in [0.15, 0.2) is 53.0 Å². The third kappa shape index (κ3) is 3.15. The summed E-state index contributed by atoms with van der Waals surface area (Å²) in [7, 11) is 1.57. The Morgan fingerprint density at radius 2 is 1.79 bits per heavy atom. The molecule has 0 unspecified atom stereocenters. The number of hydrogen-bond acceptors (Lipinski definition) is 3. The van der Waals surface area contributed by atoms with Gasteiger partial charge in [-0.3, -0.25) is 0 Å². The van der Waals surface area contributed by atoms with Crippen LogP contribution in [-0.4, -0.2) is 13.1 Å². The second-order valence-corrected chi connectivity index (χ2v) is 7.23. The Morgan fingerprint density at radius 3 is 2.46 bits per heavy atom. The van der Waals surface area contributed by atoms with E-state index in [0.29, 0.717) is 17.1 Å². The third-order valence-electron chi connectivity index (χ3n) is 3.76. The number of carbonyl (C=O) groups is 1. The molecule has 3 aromatic rings. The van der Waals surface area contributed by atoms with E-state index in [1.165, 1.54) is 0 Å². The van der Waals surface area contributed by atoms with Crippen molar-refractivity contribution in [2.75, 3.05) is 7.11 Å². The number of hydrogen-bond donors (Lipinski definition) is 0. The van der Waals surface area contributed by atoms with Crippen molar-refractivity contribution in [2.24, 2.45) is 0 Å². The minimum atomic E-state index is -0.421. The van der Waals surface area contributed by atoms with Crippen molar-refractivity contribution in [3.8, 4) is 11.5 Å². The molecular weight excluding hydrogens is 483 g/mol. The van der Waals surface area contributed by atoms with Gasteiger partial charge in [-0.15, -0.1) is 0 Å². The number of halogens is 2. The van der Waals surface area contributed by atoms with E-state index >= 15 is 0 Å². The van der Waals surface area contributed by atoms with Crippen LogP contribution in [-0.2, 0) is 0 Å². The number of benzene rings is 3. The molecule has 0 radical (unpaired) electrons. The first-order valence-electron chi connectivity index (χ1n) is 7.25. The van der Waals surface area contributed by atoms with Gasteiger partial charge in [0.15, 0.2) is 0 Å². The molecular formula is C19H14BrIO3. The number of ether oxygens (including phenoxy) is 2. The average molecular weight is 497 g/mol. The fraction of sp³-hybridized carbons (Fsp3) is 0.105. The van der Waals surface area contributed by atoms with Crippen LogP contribution in [0.2, 0.25) is 0 Å². The van der Waals surface area contributed by atoms with Gasteiger partial charge in [0.2, 0.25) is 0 Å². The van der Waals surface area contributed by atoms with Crippen LogP contribution in [0, 0.1) is 10.5 Å². The quantitative estimate of drug-likeness (QED) is 0.263. The van der Waals surface area contributed by atoms with Gasteiger partial charge in [-0.2, -0.15) is 0 Å². The lowest BCUT2D eigenvalue weighted by Gasteiger charge is -2.16. The van der Waals surface area contributed by atoms with Crippen LogP contribution in [0.25, 0.3) is 10.8 Å². The Bertz CT molecular complexity index is 923. The maximum atomic E-state index is 12.8. The van der Waals surface area contributed by atoms with E-state index < -0.39 is 5.97 Å². The van der Waals surface area contributed by atoms with Crippen LogP contribution < -0.4 is 9.47 Å². The molecule has 0 spiro atoms. The molecule has 0 heterocycles. The van der Waals surface area contributed by atoms with Crippen LogP contribution >= 0.6 is 38.5 Å². The van der Waals surface area contributed by atoms with E-state index in [0.717, 1.165) is 24.4 Å². The predicted molar refractivity (Wildman–Crippen MR) is 107 cm³/mol. The van der Waals surface area contributed by atoms with Crippen LogP contribution in [0.4, 0.5) is 0 Å². The predicted octanol–water partition coefficient (Wildman–Crippen LogP) is 5.74. The van der Waals surface area contributed by atoms with Crippen molar-refractivity contribution in [2.45, 2.75) is 6.92 Å². The molecule has 24 heavy (non-hydrogen) atoms. The summed E-state index contributed by atoms with van der Waals surface area (Å²) in [6.45, 7) is 1.91. The van der Waals surface area contributed by atoms with Crippen molar-refractivity contribution in [3.05, 3.63) is 67.7 Å². The van der Waals surface area contributed by atoms with Crippen molar-refractivity contribution in [1.82, 2.24) is 0 Å². The van der Waals surface area contributed by atoms with Crippen molar-refractivity contribution in [1.29, 1.82) is 0 Å². The molecule has 0 bridgehead atoms. The van der Waals surface area contributed by atoms with Crippen LogP contribution in [0.5, 0.6) is 11.5 Å². The van der Waals surface area contributed by atoms with Crippen molar-refractivity contribution in [3.63, 3.8) is 0 Å². The number of esters is 1. The van der Waals surface area contributed by atoms with Gasteiger partial charge in [0.1, 0.15) is 17.1 Å². The number of carbonyl (C=O) groups excluding carboxylic acids is 1. The van der Waals surface area contributed by atoms with Crippen molar-refractivity contribution < 1.29 is 14.3 Å². The van der Waals surface area contributed by atoms with E-state index in [1.807, 2.05) is 43.3 Å². The van der Waals surface area contributed by atoms with Gasteiger partial charge in [-0.25, -0.2) is 4.79 Å². The first-order valence-corrected chi connectivity index (χ1v) is 9.12.